The average molecular weight is 341 g/mol. The lowest BCUT2D eigenvalue weighted by atomic mass is 9.74. The van der Waals surface area contributed by atoms with Gasteiger partial charge in [-0.3, -0.25) is 9.89 Å². The van der Waals surface area contributed by atoms with Crippen molar-refractivity contribution in [1.29, 1.82) is 0 Å². The maximum Gasteiger partial charge on any atom is 0.220 e. The standard InChI is InChI=1S/C20H27N3O2/c1-15-16(2)22-23-18(15)8-9-19(24)21-14-20(10-12-25-13-11-20)17-6-4-3-5-7-17/h3-7H,8-14H2,1-2H3,(H,21,24)(H,22,23). The van der Waals surface area contributed by atoms with Gasteiger partial charge in [0.15, 0.2) is 0 Å². The zero-order valence-corrected chi connectivity index (χ0v) is 15.1. The third-order valence-corrected chi connectivity index (χ3v) is 5.40. The molecule has 0 bridgehead atoms. The molecule has 2 heterocycles. The first kappa shape index (κ1) is 17.7. The van der Waals surface area contributed by atoms with Crippen LogP contribution in [-0.4, -0.2) is 35.9 Å². The van der Waals surface area contributed by atoms with Crippen molar-refractivity contribution in [2.75, 3.05) is 19.8 Å². The Morgan fingerprint density at radius 1 is 1.24 bits per heavy atom. The van der Waals surface area contributed by atoms with Crippen molar-refractivity contribution in [3.05, 3.63) is 52.8 Å². The fourth-order valence-corrected chi connectivity index (χ4v) is 3.49. The number of nitrogens with one attached hydrogen (secondary N) is 2. The molecule has 1 amide bonds. The van der Waals surface area contributed by atoms with Gasteiger partial charge in [0.25, 0.3) is 0 Å². The van der Waals surface area contributed by atoms with E-state index in [0.717, 1.165) is 43.0 Å². The summed E-state index contributed by atoms with van der Waals surface area (Å²) in [7, 11) is 0. The van der Waals surface area contributed by atoms with Crippen LogP contribution in [0.4, 0.5) is 0 Å². The Kier molecular flexibility index (Phi) is 5.53. The van der Waals surface area contributed by atoms with Crippen LogP contribution in [0.15, 0.2) is 30.3 Å². The number of carbonyl (C=O) groups excluding carboxylic acids is 1. The molecule has 1 aromatic carbocycles. The summed E-state index contributed by atoms with van der Waals surface area (Å²) in [5, 5.41) is 10.4. The van der Waals surface area contributed by atoms with Gasteiger partial charge in [0.2, 0.25) is 5.91 Å². The van der Waals surface area contributed by atoms with E-state index in [2.05, 4.69) is 39.8 Å². The molecule has 2 aromatic rings. The van der Waals surface area contributed by atoms with E-state index in [9.17, 15) is 4.79 Å². The zero-order valence-electron chi connectivity index (χ0n) is 15.1. The molecule has 0 atom stereocenters. The van der Waals surface area contributed by atoms with E-state index in [-0.39, 0.29) is 11.3 Å². The van der Waals surface area contributed by atoms with Crippen LogP contribution in [0.5, 0.6) is 0 Å². The Hall–Kier alpha value is -2.14. The number of amides is 1. The molecule has 134 valence electrons. The summed E-state index contributed by atoms with van der Waals surface area (Å²) in [6, 6.07) is 10.5. The minimum atomic E-state index is -0.0198. The first-order valence-corrected chi connectivity index (χ1v) is 9.01. The van der Waals surface area contributed by atoms with Gasteiger partial charge < -0.3 is 10.1 Å². The Morgan fingerprint density at radius 2 is 1.96 bits per heavy atom. The van der Waals surface area contributed by atoms with Gasteiger partial charge in [-0.15, -0.1) is 0 Å². The van der Waals surface area contributed by atoms with E-state index in [1.165, 1.54) is 5.56 Å². The highest BCUT2D eigenvalue weighted by Gasteiger charge is 2.34. The molecule has 2 N–H and O–H groups in total. The molecule has 0 spiro atoms. The SMILES string of the molecule is Cc1[nH]nc(CCC(=O)NCC2(c3ccccc3)CCOCC2)c1C. The number of hydrogen-bond acceptors (Lipinski definition) is 3. The van der Waals surface area contributed by atoms with Crippen LogP contribution in [0.25, 0.3) is 0 Å². The smallest absolute Gasteiger partial charge is 0.220 e. The van der Waals surface area contributed by atoms with E-state index in [0.29, 0.717) is 19.4 Å². The third kappa shape index (κ3) is 4.10. The summed E-state index contributed by atoms with van der Waals surface area (Å²) < 4.78 is 5.55. The van der Waals surface area contributed by atoms with Crippen molar-refractivity contribution in [1.82, 2.24) is 15.5 Å². The number of ether oxygens (including phenoxy) is 1. The van der Waals surface area contributed by atoms with Gasteiger partial charge >= 0.3 is 0 Å². The maximum absolute atomic E-state index is 12.4. The molecule has 1 fully saturated rings. The number of benzene rings is 1. The summed E-state index contributed by atoms with van der Waals surface area (Å²) >= 11 is 0. The fourth-order valence-electron chi connectivity index (χ4n) is 3.49. The van der Waals surface area contributed by atoms with Crippen molar-refractivity contribution in [2.45, 2.75) is 44.9 Å². The average Bonchev–Trinajstić information content (AvgIpc) is 2.98. The monoisotopic (exact) mass is 341 g/mol. The van der Waals surface area contributed by atoms with Gasteiger partial charge in [-0.1, -0.05) is 30.3 Å². The normalized spacial score (nSPS) is 16.6. The molecule has 5 nitrogen and oxygen atoms in total. The van der Waals surface area contributed by atoms with Crippen LogP contribution in [0, 0.1) is 13.8 Å². The van der Waals surface area contributed by atoms with Gasteiger partial charge in [0.1, 0.15) is 0 Å². The highest BCUT2D eigenvalue weighted by Crippen LogP contribution is 2.34. The van der Waals surface area contributed by atoms with E-state index in [1.807, 2.05) is 19.9 Å². The first-order valence-electron chi connectivity index (χ1n) is 9.01. The third-order valence-electron chi connectivity index (χ3n) is 5.40. The number of carbonyl (C=O) groups is 1. The van der Waals surface area contributed by atoms with Crippen molar-refractivity contribution >= 4 is 5.91 Å². The van der Waals surface area contributed by atoms with Crippen LogP contribution < -0.4 is 5.32 Å². The highest BCUT2D eigenvalue weighted by molar-refractivity contribution is 5.76. The molecular weight excluding hydrogens is 314 g/mol. The quantitative estimate of drug-likeness (QED) is 0.849. The first-order chi connectivity index (χ1) is 12.1. The Bertz CT molecular complexity index is 703. The number of H-pyrrole nitrogens is 1. The van der Waals surface area contributed by atoms with Gasteiger partial charge in [0.05, 0.1) is 5.69 Å². The summed E-state index contributed by atoms with van der Waals surface area (Å²) in [4.78, 5) is 12.4. The fraction of sp³-hybridized carbons (Fsp3) is 0.500. The summed E-state index contributed by atoms with van der Waals surface area (Å²) in [6.07, 6.45) is 3.01. The molecule has 3 rings (SSSR count). The van der Waals surface area contributed by atoms with Crippen molar-refractivity contribution in [2.24, 2.45) is 0 Å². The largest absolute Gasteiger partial charge is 0.381 e. The minimum absolute atomic E-state index is 0.0198. The topological polar surface area (TPSA) is 67.0 Å². The van der Waals surface area contributed by atoms with Crippen molar-refractivity contribution in [3.63, 3.8) is 0 Å². The van der Waals surface area contributed by atoms with Crippen LogP contribution in [0.3, 0.4) is 0 Å². The van der Waals surface area contributed by atoms with Crippen LogP contribution in [0.1, 0.15) is 41.8 Å². The summed E-state index contributed by atoms with van der Waals surface area (Å²) in [5.74, 6) is 0.0850. The second-order valence-corrected chi connectivity index (χ2v) is 6.96. The lowest BCUT2D eigenvalue weighted by Crippen LogP contribution is -2.44. The maximum atomic E-state index is 12.4. The number of aromatic amines is 1. The second kappa shape index (κ2) is 7.83. The van der Waals surface area contributed by atoms with Crippen molar-refractivity contribution < 1.29 is 9.53 Å². The van der Waals surface area contributed by atoms with Crippen LogP contribution >= 0.6 is 0 Å². The number of aryl methyl sites for hydroxylation is 2. The van der Waals surface area contributed by atoms with Gasteiger partial charge in [-0.2, -0.15) is 5.10 Å². The number of nitrogens with zero attached hydrogens (tertiary/aromatic N) is 1. The highest BCUT2D eigenvalue weighted by atomic mass is 16.5. The van der Waals surface area contributed by atoms with Gasteiger partial charge in [-0.25, -0.2) is 0 Å². The molecule has 0 unspecified atom stereocenters. The number of hydrogen-bond donors (Lipinski definition) is 2. The second-order valence-electron chi connectivity index (χ2n) is 6.96. The molecule has 0 radical (unpaired) electrons. The Morgan fingerprint density at radius 3 is 2.60 bits per heavy atom. The summed E-state index contributed by atoms with van der Waals surface area (Å²) in [5.41, 5.74) is 4.47. The molecule has 1 aromatic heterocycles. The predicted molar refractivity (Wildman–Crippen MR) is 97.6 cm³/mol. The van der Waals surface area contributed by atoms with E-state index < -0.39 is 0 Å². The van der Waals surface area contributed by atoms with Crippen LogP contribution in [0.2, 0.25) is 0 Å². The van der Waals surface area contributed by atoms with E-state index in [1.54, 1.807) is 0 Å². The summed E-state index contributed by atoms with van der Waals surface area (Å²) in [6.45, 7) is 6.20. The predicted octanol–water partition coefficient (Wildman–Crippen LogP) is 2.82. The number of aromatic nitrogens is 2. The molecule has 25 heavy (non-hydrogen) atoms. The molecule has 0 saturated carbocycles. The molecule has 5 heteroatoms. The number of rotatable bonds is 6. The molecule has 1 aliphatic heterocycles. The lowest BCUT2D eigenvalue weighted by Gasteiger charge is -2.38. The lowest BCUT2D eigenvalue weighted by molar-refractivity contribution is -0.121. The van der Waals surface area contributed by atoms with Gasteiger partial charge in [0, 0.05) is 43.7 Å². The zero-order chi connectivity index (χ0) is 17.7. The van der Waals surface area contributed by atoms with Crippen LogP contribution in [-0.2, 0) is 21.4 Å². The molecule has 1 aliphatic rings. The molecule has 0 aliphatic carbocycles. The van der Waals surface area contributed by atoms with E-state index >= 15 is 0 Å². The molecule has 1 saturated heterocycles. The van der Waals surface area contributed by atoms with E-state index in [4.69, 9.17) is 4.74 Å². The minimum Gasteiger partial charge on any atom is -0.381 e. The van der Waals surface area contributed by atoms with Crippen molar-refractivity contribution in [3.8, 4) is 0 Å². The van der Waals surface area contributed by atoms with Gasteiger partial charge in [-0.05, 0) is 37.8 Å². The molecular formula is C20H27N3O2. The Labute approximate surface area is 149 Å². The Balaban J connectivity index is 1.59.